The van der Waals surface area contributed by atoms with Gasteiger partial charge in [0.05, 0.1) is 0 Å². The van der Waals surface area contributed by atoms with E-state index in [1.54, 1.807) is 11.1 Å². The number of rotatable bonds is 2. The van der Waals surface area contributed by atoms with Crippen LogP contribution < -0.4 is 0 Å². The minimum atomic E-state index is 0.897. The van der Waals surface area contributed by atoms with Gasteiger partial charge in [-0.25, -0.2) is 0 Å². The largest absolute Gasteiger partial charge is 0.0683 e. The van der Waals surface area contributed by atoms with Crippen LogP contribution in [0.25, 0.3) is 0 Å². The molecule has 0 unspecified atom stereocenters. The van der Waals surface area contributed by atoms with E-state index in [0.29, 0.717) is 0 Å². The van der Waals surface area contributed by atoms with Gasteiger partial charge in [-0.15, -0.1) is 0 Å². The first-order valence-corrected chi connectivity index (χ1v) is 7.32. The van der Waals surface area contributed by atoms with Crippen molar-refractivity contribution in [2.45, 2.75) is 73.6 Å². The topological polar surface area (TPSA) is 0 Å². The molecular weight excluding hydrogens is 204 g/mol. The Hall–Kier alpha value is -0.780. The van der Waals surface area contributed by atoms with Gasteiger partial charge in [0.2, 0.25) is 0 Å². The highest BCUT2D eigenvalue weighted by Gasteiger charge is 2.26. The van der Waals surface area contributed by atoms with Gasteiger partial charge in [0, 0.05) is 0 Å². The molecule has 0 aromatic heterocycles. The van der Waals surface area contributed by atoms with E-state index < -0.39 is 0 Å². The van der Waals surface area contributed by atoms with Gasteiger partial charge in [-0.1, -0.05) is 52.3 Å². The van der Waals surface area contributed by atoms with Crippen molar-refractivity contribution in [3.05, 3.63) is 34.4 Å². The van der Waals surface area contributed by atoms with Crippen LogP contribution in [0, 0.1) is 13.8 Å². The van der Waals surface area contributed by atoms with Crippen LogP contribution in [0.4, 0.5) is 0 Å². The van der Waals surface area contributed by atoms with Gasteiger partial charge in [0.1, 0.15) is 0 Å². The molecule has 1 saturated carbocycles. The van der Waals surface area contributed by atoms with Gasteiger partial charge in [0.15, 0.2) is 0 Å². The third-order valence-electron chi connectivity index (χ3n) is 3.02. The van der Waals surface area contributed by atoms with Crippen LogP contribution in [-0.4, -0.2) is 0 Å². The molecule has 1 fully saturated rings. The number of hydrogen-bond acceptors (Lipinski definition) is 0. The predicted octanol–water partition coefficient (Wildman–Crippen LogP) is 5.80. The molecule has 1 aliphatic carbocycles. The molecule has 0 amide bonds. The van der Waals surface area contributed by atoms with E-state index in [0.717, 1.165) is 5.92 Å². The van der Waals surface area contributed by atoms with Crippen LogP contribution in [0.3, 0.4) is 0 Å². The summed E-state index contributed by atoms with van der Waals surface area (Å²) >= 11 is 0. The van der Waals surface area contributed by atoms with Gasteiger partial charge >= 0.3 is 0 Å². The summed E-state index contributed by atoms with van der Waals surface area (Å²) in [4.78, 5) is 0. The highest BCUT2D eigenvalue weighted by atomic mass is 14.3. The lowest BCUT2D eigenvalue weighted by Crippen LogP contribution is -1.95. The zero-order valence-electron chi connectivity index (χ0n) is 12.9. The van der Waals surface area contributed by atoms with Crippen molar-refractivity contribution < 1.29 is 0 Å². The monoisotopic (exact) mass is 234 g/mol. The predicted molar refractivity (Wildman–Crippen MR) is 80.0 cm³/mol. The Bertz CT molecular complexity index is 319. The molecule has 98 valence electrons. The van der Waals surface area contributed by atoms with E-state index in [1.165, 1.54) is 30.4 Å². The van der Waals surface area contributed by atoms with Crippen LogP contribution >= 0.6 is 0 Å². The molecule has 0 bridgehead atoms. The van der Waals surface area contributed by atoms with Crippen LogP contribution in [0.1, 0.15) is 75.6 Å². The summed E-state index contributed by atoms with van der Waals surface area (Å²) in [7, 11) is 0. The Kier molecular flexibility index (Phi) is 7.95. The van der Waals surface area contributed by atoms with Gasteiger partial charge in [0.25, 0.3) is 0 Å². The van der Waals surface area contributed by atoms with Crippen molar-refractivity contribution in [1.29, 1.82) is 0 Å². The van der Waals surface area contributed by atoms with Crippen LogP contribution in [0.5, 0.6) is 0 Å². The van der Waals surface area contributed by atoms with Crippen molar-refractivity contribution in [1.82, 2.24) is 0 Å². The summed E-state index contributed by atoms with van der Waals surface area (Å²) in [6.07, 6.45) is 4.02. The Morgan fingerprint density at radius 3 is 1.94 bits per heavy atom. The molecule has 0 atom stereocenters. The molecule has 0 N–H and O–H groups in total. The van der Waals surface area contributed by atoms with Crippen molar-refractivity contribution in [3.8, 4) is 0 Å². The molecule has 0 radical (unpaired) electrons. The first-order valence-electron chi connectivity index (χ1n) is 7.32. The lowest BCUT2D eigenvalue weighted by molar-refractivity contribution is 1.00. The second-order valence-electron chi connectivity index (χ2n) is 4.28. The minimum Gasteiger partial charge on any atom is -0.0683 e. The maximum absolute atomic E-state index is 2.39. The third kappa shape index (κ3) is 4.53. The smallest absolute Gasteiger partial charge is 0.0159 e. The Morgan fingerprint density at radius 2 is 1.53 bits per heavy atom. The van der Waals surface area contributed by atoms with E-state index in [2.05, 4.69) is 32.9 Å². The van der Waals surface area contributed by atoms with Gasteiger partial charge in [-0.3, -0.25) is 0 Å². The SMILES string of the molecule is CC.CC.CCc1c(C)cc(C)cc1C1CC1. The van der Waals surface area contributed by atoms with Crippen molar-refractivity contribution >= 4 is 0 Å². The summed E-state index contributed by atoms with van der Waals surface area (Å²) in [6.45, 7) is 14.7. The van der Waals surface area contributed by atoms with Gasteiger partial charge in [-0.05, 0) is 55.7 Å². The van der Waals surface area contributed by atoms with Crippen LogP contribution in [0.2, 0.25) is 0 Å². The summed E-state index contributed by atoms with van der Waals surface area (Å²) in [5, 5.41) is 0. The minimum absolute atomic E-state index is 0.897. The summed E-state index contributed by atoms with van der Waals surface area (Å²) in [6, 6.07) is 4.70. The quantitative estimate of drug-likeness (QED) is 0.607. The molecule has 1 aromatic carbocycles. The van der Waals surface area contributed by atoms with E-state index in [1.807, 2.05) is 27.7 Å². The number of hydrogen-bond donors (Lipinski definition) is 0. The summed E-state index contributed by atoms with van der Waals surface area (Å²) in [5.41, 5.74) is 6.16. The second kappa shape index (κ2) is 8.33. The average molecular weight is 234 g/mol. The lowest BCUT2D eigenvalue weighted by Gasteiger charge is -2.11. The molecule has 0 nitrogen and oxygen atoms in total. The fourth-order valence-electron chi connectivity index (χ4n) is 2.27. The first kappa shape index (κ1) is 16.2. The zero-order chi connectivity index (χ0) is 13.4. The number of aryl methyl sites for hydroxylation is 2. The normalized spacial score (nSPS) is 13.1. The van der Waals surface area contributed by atoms with Crippen LogP contribution in [0.15, 0.2) is 12.1 Å². The molecule has 0 heteroatoms. The molecule has 17 heavy (non-hydrogen) atoms. The summed E-state index contributed by atoms with van der Waals surface area (Å²) in [5.74, 6) is 0.897. The Labute approximate surface area is 108 Å². The van der Waals surface area contributed by atoms with E-state index >= 15 is 0 Å². The lowest BCUT2D eigenvalue weighted by atomic mass is 9.94. The highest BCUT2D eigenvalue weighted by Crippen LogP contribution is 2.42. The molecule has 0 heterocycles. The van der Waals surface area contributed by atoms with Crippen molar-refractivity contribution in [2.24, 2.45) is 0 Å². The Balaban J connectivity index is 0.000000581. The standard InChI is InChI=1S/C13H18.2C2H6/c1-4-12-10(3)7-9(2)8-13(12)11-5-6-11;2*1-2/h7-8,11H,4-6H2,1-3H3;2*1-2H3. The second-order valence-corrected chi connectivity index (χ2v) is 4.28. The van der Waals surface area contributed by atoms with E-state index in [-0.39, 0.29) is 0 Å². The fourth-order valence-corrected chi connectivity index (χ4v) is 2.27. The molecule has 0 spiro atoms. The molecule has 2 rings (SSSR count). The molecular formula is C17H30. The fraction of sp³-hybridized carbons (Fsp3) is 0.647. The molecule has 1 aromatic rings. The first-order chi connectivity index (χ1) is 8.22. The zero-order valence-corrected chi connectivity index (χ0v) is 12.9. The number of benzene rings is 1. The van der Waals surface area contributed by atoms with Crippen LogP contribution in [-0.2, 0) is 6.42 Å². The maximum Gasteiger partial charge on any atom is -0.0159 e. The summed E-state index contributed by atoms with van der Waals surface area (Å²) < 4.78 is 0. The molecule has 1 aliphatic rings. The van der Waals surface area contributed by atoms with E-state index in [4.69, 9.17) is 0 Å². The van der Waals surface area contributed by atoms with E-state index in [9.17, 15) is 0 Å². The third-order valence-corrected chi connectivity index (χ3v) is 3.02. The van der Waals surface area contributed by atoms with Gasteiger partial charge in [-0.2, -0.15) is 0 Å². The molecule has 0 aliphatic heterocycles. The van der Waals surface area contributed by atoms with Gasteiger partial charge < -0.3 is 0 Å². The van der Waals surface area contributed by atoms with Crippen molar-refractivity contribution in [3.63, 3.8) is 0 Å². The van der Waals surface area contributed by atoms with Crippen molar-refractivity contribution in [2.75, 3.05) is 0 Å². The average Bonchev–Trinajstić information content (AvgIpc) is 3.17. The maximum atomic E-state index is 2.39. The molecule has 0 saturated heterocycles. The Morgan fingerprint density at radius 1 is 1.00 bits per heavy atom. The highest BCUT2D eigenvalue weighted by molar-refractivity contribution is 5.41.